The standard InChI is InChI=1S/C12H13NS.BrH/c1-8-4-5-9(2)11(6-8)12-7-14-10(3)13-12;/h4-7H,1-3H3;1H. The van der Waals surface area contributed by atoms with Crippen LogP contribution in [0.15, 0.2) is 23.6 Å². The van der Waals surface area contributed by atoms with E-state index in [4.69, 9.17) is 0 Å². The molecule has 0 saturated heterocycles. The van der Waals surface area contributed by atoms with Crippen molar-refractivity contribution in [2.24, 2.45) is 0 Å². The molecule has 3 heteroatoms. The third-order valence-corrected chi connectivity index (χ3v) is 3.06. The molecule has 0 saturated carbocycles. The Balaban J connectivity index is 0.00000112. The van der Waals surface area contributed by atoms with E-state index < -0.39 is 0 Å². The molecule has 0 aliphatic carbocycles. The zero-order valence-electron chi connectivity index (χ0n) is 9.07. The van der Waals surface area contributed by atoms with Crippen molar-refractivity contribution in [1.29, 1.82) is 0 Å². The molecule has 0 radical (unpaired) electrons. The molecule has 0 aliphatic heterocycles. The monoisotopic (exact) mass is 283 g/mol. The summed E-state index contributed by atoms with van der Waals surface area (Å²) in [5.41, 5.74) is 4.94. The Bertz CT molecular complexity index is 462. The fourth-order valence-corrected chi connectivity index (χ4v) is 2.11. The molecule has 1 nitrogen and oxygen atoms in total. The molecule has 1 aromatic carbocycles. The van der Waals surface area contributed by atoms with Crippen molar-refractivity contribution in [3.05, 3.63) is 39.7 Å². The van der Waals surface area contributed by atoms with Crippen molar-refractivity contribution in [3.63, 3.8) is 0 Å². The molecule has 0 spiro atoms. The maximum atomic E-state index is 4.50. The highest BCUT2D eigenvalue weighted by molar-refractivity contribution is 8.93. The summed E-state index contributed by atoms with van der Waals surface area (Å²) in [6.07, 6.45) is 0. The number of aromatic nitrogens is 1. The van der Waals surface area contributed by atoms with Gasteiger partial charge in [0, 0.05) is 10.9 Å². The number of benzene rings is 1. The van der Waals surface area contributed by atoms with E-state index in [-0.39, 0.29) is 17.0 Å². The molecule has 2 rings (SSSR count). The third-order valence-electron chi connectivity index (χ3n) is 2.29. The van der Waals surface area contributed by atoms with Crippen LogP contribution in [0.1, 0.15) is 16.1 Å². The summed E-state index contributed by atoms with van der Waals surface area (Å²) in [6.45, 7) is 6.28. The van der Waals surface area contributed by atoms with Crippen LogP contribution in [0.3, 0.4) is 0 Å². The zero-order chi connectivity index (χ0) is 10.1. The van der Waals surface area contributed by atoms with Crippen molar-refractivity contribution in [1.82, 2.24) is 4.98 Å². The van der Waals surface area contributed by atoms with Gasteiger partial charge in [0.05, 0.1) is 10.7 Å². The fraction of sp³-hybridized carbons (Fsp3) is 0.250. The minimum atomic E-state index is 0. The first-order chi connectivity index (χ1) is 6.66. The summed E-state index contributed by atoms with van der Waals surface area (Å²) in [4.78, 5) is 4.50. The van der Waals surface area contributed by atoms with Crippen LogP contribution in [0, 0.1) is 20.8 Å². The summed E-state index contributed by atoms with van der Waals surface area (Å²) in [5, 5.41) is 3.25. The van der Waals surface area contributed by atoms with Gasteiger partial charge in [0.25, 0.3) is 0 Å². The van der Waals surface area contributed by atoms with Crippen molar-refractivity contribution in [3.8, 4) is 11.3 Å². The number of thiazole rings is 1. The lowest BCUT2D eigenvalue weighted by Gasteiger charge is -2.03. The maximum Gasteiger partial charge on any atom is 0.0901 e. The van der Waals surface area contributed by atoms with Crippen LogP contribution in [0.2, 0.25) is 0 Å². The molecule has 0 amide bonds. The van der Waals surface area contributed by atoms with E-state index in [1.165, 1.54) is 16.7 Å². The number of nitrogens with zero attached hydrogens (tertiary/aromatic N) is 1. The van der Waals surface area contributed by atoms with E-state index in [2.05, 4.69) is 42.4 Å². The predicted molar refractivity (Wildman–Crippen MR) is 72.1 cm³/mol. The first-order valence-corrected chi connectivity index (χ1v) is 5.54. The maximum absolute atomic E-state index is 4.50. The Morgan fingerprint density at radius 1 is 1.13 bits per heavy atom. The number of rotatable bonds is 1. The van der Waals surface area contributed by atoms with Gasteiger partial charge in [-0.25, -0.2) is 4.98 Å². The van der Waals surface area contributed by atoms with Gasteiger partial charge in [-0.05, 0) is 32.4 Å². The van der Waals surface area contributed by atoms with E-state index in [1.54, 1.807) is 11.3 Å². The molecule has 15 heavy (non-hydrogen) atoms. The molecule has 0 fully saturated rings. The summed E-state index contributed by atoms with van der Waals surface area (Å²) in [7, 11) is 0. The minimum Gasteiger partial charge on any atom is -0.242 e. The molecule has 0 atom stereocenters. The molecule has 1 heterocycles. The highest BCUT2D eigenvalue weighted by atomic mass is 79.9. The van der Waals surface area contributed by atoms with E-state index in [0.717, 1.165) is 10.7 Å². The second kappa shape index (κ2) is 4.90. The Hall–Kier alpha value is -0.670. The van der Waals surface area contributed by atoms with Gasteiger partial charge in [-0.3, -0.25) is 0 Å². The molecular weight excluding hydrogens is 270 g/mol. The fourth-order valence-electron chi connectivity index (χ4n) is 1.50. The molecule has 0 N–H and O–H groups in total. The van der Waals surface area contributed by atoms with Gasteiger partial charge >= 0.3 is 0 Å². The highest BCUT2D eigenvalue weighted by Gasteiger charge is 2.04. The highest BCUT2D eigenvalue weighted by Crippen LogP contribution is 2.25. The van der Waals surface area contributed by atoms with Crippen LogP contribution < -0.4 is 0 Å². The number of aryl methyl sites for hydroxylation is 3. The lowest BCUT2D eigenvalue weighted by molar-refractivity contribution is 1.28. The lowest BCUT2D eigenvalue weighted by atomic mass is 10.0. The van der Waals surface area contributed by atoms with Crippen molar-refractivity contribution >= 4 is 28.3 Å². The molecule has 0 aliphatic rings. The first kappa shape index (κ1) is 12.4. The average Bonchev–Trinajstić information content (AvgIpc) is 2.56. The molecule has 1 aromatic heterocycles. The Kier molecular flexibility index (Phi) is 4.05. The van der Waals surface area contributed by atoms with Crippen LogP contribution >= 0.6 is 28.3 Å². The zero-order valence-corrected chi connectivity index (χ0v) is 11.6. The molecule has 2 aromatic rings. The topological polar surface area (TPSA) is 12.9 Å². The van der Waals surface area contributed by atoms with Crippen LogP contribution in [0.25, 0.3) is 11.3 Å². The van der Waals surface area contributed by atoms with E-state index in [0.29, 0.717) is 0 Å². The average molecular weight is 284 g/mol. The van der Waals surface area contributed by atoms with Gasteiger partial charge in [-0.1, -0.05) is 17.7 Å². The second-order valence-corrected chi connectivity index (χ2v) is 4.63. The van der Waals surface area contributed by atoms with Gasteiger partial charge in [-0.2, -0.15) is 0 Å². The summed E-state index contributed by atoms with van der Waals surface area (Å²) < 4.78 is 0. The number of hydrogen-bond donors (Lipinski definition) is 0. The Labute approximate surface area is 105 Å². The van der Waals surface area contributed by atoms with E-state index in [9.17, 15) is 0 Å². The quantitative estimate of drug-likeness (QED) is 0.760. The van der Waals surface area contributed by atoms with Crippen LogP contribution in [0.4, 0.5) is 0 Å². The number of hydrogen-bond acceptors (Lipinski definition) is 2. The smallest absolute Gasteiger partial charge is 0.0901 e. The SMILES string of the molecule is Br.Cc1ccc(C)c(-c2csc(C)n2)c1. The van der Waals surface area contributed by atoms with Crippen LogP contribution in [-0.4, -0.2) is 4.98 Å². The molecule has 0 bridgehead atoms. The third kappa shape index (κ3) is 2.67. The normalized spacial score (nSPS) is 9.80. The first-order valence-electron chi connectivity index (χ1n) is 4.66. The summed E-state index contributed by atoms with van der Waals surface area (Å²) >= 11 is 1.70. The van der Waals surface area contributed by atoms with E-state index >= 15 is 0 Å². The van der Waals surface area contributed by atoms with Crippen molar-refractivity contribution < 1.29 is 0 Å². The summed E-state index contributed by atoms with van der Waals surface area (Å²) in [6, 6.07) is 6.49. The Morgan fingerprint density at radius 2 is 1.87 bits per heavy atom. The Morgan fingerprint density at radius 3 is 2.47 bits per heavy atom. The minimum absolute atomic E-state index is 0. The van der Waals surface area contributed by atoms with Crippen molar-refractivity contribution in [2.75, 3.05) is 0 Å². The summed E-state index contributed by atoms with van der Waals surface area (Å²) in [5.74, 6) is 0. The van der Waals surface area contributed by atoms with Gasteiger partial charge in [-0.15, -0.1) is 28.3 Å². The molecule has 0 unspecified atom stereocenters. The number of halogens is 1. The molecule has 80 valence electrons. The predicted octanol–water partition coefficient (Wildman–Crippen LogP) is 4.31. The van der Waals surface area contributed by atoms with E-state index in [1.807, 2.05) is 6.92 Å². The molecular formula is C12H14BrNS. The van der Waals surface area contributed by atoms with Crippen LogP contribution in [-0.2, 0) is 0 Å². The van der Waals surface area contributed by atoms with Crippen LogP contribution in [0.5, 0.6) is 0 Å². The van der Waals surface area contributed by atoms with Gasteiger partial charge in [0.2, 0.25) is 0 Å². The largest absolute Gasteiger partial charge is 0.242 e. The van der Waals surface area contributed by atoms with Crippen molar-refractivity contribution in [2.45, 2.75) is 20.8 Å². The second-order valence-electron chi connectivity index (χ2n) is 3.57. The van der Waals surface area contributed by atoms with Gasteiger partial charge in [0.1, 0.15) is 0 Å². The lowest BCUT2D eigenvalue weighted by Crippen LogP contribution is -1.84. The van der Waals surface area contributed by atoms with Gasteiger partial charge < -0.3 is 0 Å². The van der Waals surface area contributed by atoms with Gasteiger partial charge in [0.15, 0.2) is 0 Å².